The van der Waals surface area contributed by atoms with Crippen molar-refractivity contribution in [3.8, 4) is 0 Å². The van der Waals surface area contributed by atoms with Crippen LogP contribution in [0.5, 0.6) is 0 Å². The lowest BCUT2D eigenvalue weighted by Crippen LogP contribution is -2.33. The molecule has 4 nitrogen and oxygen atoms in total. The predicted octanol–water partition coefficient (Wildman–Crippen LogP) is -1.14. The molecule has 4 heteroatoms. The molecule has 0 atom stereocenters. The van der Waals surface area contributed by atoms with E-state index in [1.165, 1.54) is 0 Å². The van der Waals surface area contributed by atoms with E-state index in [1.54, 1.807) is 19.0 Å². The van der Waals surface area contributed by atoms with Gasteiger partial charge in [0.1, 0.15) is 6.29 Å². The zero-order valence-corrected chi connectivity index (χ0v) is 6.26. The SMILES string of the molecule is CNC(=O)CN(C)CC=O. The van der Waals surface area contributed by atoms with Crippen LogP contribution in [0.15, 0.2) is 0 Å². The fourth-order valence-corrected chi connectivity index (χ4v) is 0.516. The average Bonchev–Trinajstić information content (AvgIpc) is 1.88. The van der Waals surface area contributed by atoms with Crippen LogP contribution < -0.4 is 5.32 Å². The monoisotopic (exact) mass is 144 g/mol. The molecule has 1 N–H and O–H groups in total. The second-order valence-electron chi connectivity index (χ2n) is 2.04. The first kappa shape index (κ1) is 9.10. The molecule has 0 aromatic heterocycles. The van der Waals surface area contributed by atoms with Crippen molar-refractivity contribution in [1.82, 2.24) is 10.2 Å². The van der Waals surface area contributed by atoms with Crippen LogP contribution in [0.3, 0.4) is 0 Å². The van der Waals surface area contributed by atoms with E-state index in [2.05, 4.69) is 5.32 Å². The number of amides is 1. The molecule has 0 fully saturated rings. The molecule has 0 heterocycles. The number of rotatable bonds is 4. The van der Waals surface area contributed by atoms with Gasteiger partial charge in [0.05, 0.1) is 13.1 Å². The molecule has 0 saturated carbocycles. The molecule has 0 aliphatic carbocycles. The van der Waals surface area contributed by atoms with E-state index >= 15 is 0 Å². The highest BCUT2D eigenvalue weighted by atomic mass is 16.2. The highest BCUT2D eigenvalue weighted by molar-refractivity contribution is 5.77. The predicted molar refractivity (Wildman–Crippen MR) is 37.6 cm³/mol. The molecule has 0 bridgehead atoms. The van der Waals surface area contributed by atoms with Crippen molar-refractivity contribution in [2.45, 2.75) is 0 Å². The number of carbonyl (C=O) groups excluding carboxylic acids is 2. The summed E-state index contributed by atoms with van der Waals surface area (Å²) >= 11 is 0. The fourth-order valence-electron chi connectivity index (χ4n) is 0.516. The minimum absolute atomic E-state index is 0.0793. The normalized spacial score (nSPS) is 9.50. The maximum atomic E-state index is 10.6. The van der Waals surface area contributed by atoms with Crippen LogP contribution in [0.1, 0.15) is 0 Å². The van der Waals surface area contributed by atoms with Crippen molar-refractivity contribution < 1.29 is 9.59 Å². The summed E-state index contributed by atoms with van der Waals surface area (Å²) in [6, 6.07) is 0. The molecule has 0 rings (SSSR count). The van der Waals surface area contributed by atoms with Crippen molar-refractivity contribution in [3.05, 3.63) is 0 Å². The highest BCUT2D eigenvalue weighted by Crippen LogP contribution is 1.76. The molecule has 1 amide bonds. The minimum Gasteiger partial charge on any atom is -0.358 e. The maximum absolute atomic E-state index is 10.6. The summed E-state index contributed by atoms with van der Waals surface area (Å²) in [7, 11) is 3.28. The van der Waals surface area contributed by atoms with Crippen LogP contribution in [-0.4, -0.2) is 44.3 Å². The van der Waals surface area contributed by atoms with Gasteiger partial charge in [-0.05, 0) is 7.05 Å². The first-order valence-electron chi connectivity index (χ1n) is 3.03. The third kappa shape index (κ3) is 4.03. The molecule has 0 aliphatic rings. The lowest BCUT2D eigenvalue weighted by Gasteiger charge is -2.10. The van der Waals surface area contributed by atoms with Gasteiger partial charge in [-0.1, -0.05) is 0 Å². The quantitative estimate of drug-likeness (QED) is 0.507. The Morgan fingerprint density at radius 3 is 2.70 bits per heavy atom. The van der Waals surface area contributed by atoms with Gasteiger partial charge in [-0.3, -0.25) is 9.69 Å². The van der Waals surface area contributed by atoms with Crippen LogP contribution in [0.4, 0.5) is 0 Å². The van der Waals surface area contributed by atoms with Gasteiger partial charge in [0.2, 0.25) is 5.91 Å². The Labute approximate surface area is 60.2 Å². The number of hydrogen-bond donors (Lipinski definition) is 1. The molecular formula is C6H12N2O2. The Balaban J connectivity index is 3.46. The van der Waals surface area contributed by atoms with Crippen molar-refractivity contribution >= 4 is 12.2 Å². The van der Waals surface area contributed by atoms with Crippen LogP contribution >= 0.6 is 0 Å². The maximum Gasteiger partial charge on any atom is 0.233 e. The number of carbonyl (C=O) groups is 2. The van der Waals surface area contributed by atoms with Crippen molar-refractivity contribution in [2.75, 3.05) is 27.2 Å². The number of aldehydes is 1. The van der Waals surface area contributed by atoms with Gasteiger partial charge in [0, 0.05) is 7.05 Å². The lowest BCUT2D eigenvalue weighted by atomic mass is 10.5. The number of likely N-dealkylation sites (N-methyl/N-ethyl adjacent to an activating group) is 2. The summed E-state index contributed by atoms with van der Waals surface area (Å²) < 4.78 is 0. The van der Waals surface area contributed by atoms with E-state index in [0.29, 0.717) is 6.54 Å². The van der Waals surface area contributed by atoms with E-state index in [1.807, 2.05) is 0 Å². The average molecular weight is 144 g/mol. The molecule has 0 unspecified atom stereocenters. The summed E-state index contributed by atoms with van der Waals surface area (Å²) in [5.74, 6) is -0.0793. The Bertz CT molecular complexity index is 125. The van der Waals surface area contributed by atoms with E-state index in [-0.39, 0.29) is 12.5 Å². The van der Waals surface area contributed by atoms with Gasteiger partial charge >= 0.3 is 0 Å². The molecule has 0 aromatic carbocycles. The highest BCUT2D eigenvalue weighted by Gasteiger charge is 2.01. The van der Waals surface area contributed by atoms with Gasteiger partial charge in [-0.15, -0.1) is 0 Å². The second kappa shape index (κ2) is 4.93. The van der Waals surface area contributed by atoms with E-state index in [9.17, 15) is 9.59 Å². The van der Waals surface area contributed by atoms with Crippen LogP contribution in [-0.2, 0) is 9.59 Å². The van der Waals surface area contributed by atoms with Gasteiger partial charge in [0.15, 0.2) is 0 Å². The van der Waals surface area contributed by atoms with Crippen molar-refractivity contribution in [1.29, 1.82) is 0 Å². The summed E-state index contributed by atoms with van der Waals surface area (Å²) in [6.45, 7) is 0.572. The van der Waals surface area contributed by atoms with Crippen LogP contribution in [0, 0.1) is 0 Å². The van der Waals surface area contributed by atoms with Gasteiger partial charge in [-0.25, -0.2) is 0 Å². The molecule has 0 aliphatic heterocycles. The first-order chi connectivity index (χ1) is 4.70. The Kier molecular flexibility index (Phi) is 4.49. The molecule has 0 saturated heterocycles. The molecule has 0 spiro atoms. The third-order valence-electron chi connectivity index (χ3n) is 1.08. The first-order valence-corrected chi connectivity index (χ1v) is 3.03. The van der Waals surface area contributed by atoms with Gasteiger partial charge in [-0.2, -0.15) is 0 Å². The number of nitrogens with one attached hydrogen (secondary N) is 1. The largest absolute Gasteiger partial charge is 0.358 e. The van der Waals surface area contributed by atoms with Crippen molar-refractivity contribution in [3.63, 3.8) is 0 Å². The van der Waals surface area contributed by atoms with E-state index in [4.69, 9.17) is 0 Å². The van der Waals surface area contributed by atoms with E-state index < -0.39 is 0 Å². The topological polar surface area (TPSA) is 49.4 Å². The third-order valence-corrected chi connectivity index (χ3v) is 1.08. The Hall–Kier alpha value is -0.900. The van der Waals surface area contributed by atoms with Gasteiger partial charge < -0.3 is 10.1 Å². The minimum atomic E-state index is -0.0793. The number of nitrogens with zero attached hydrogens (tertiary/aromatic N) is 1. The Morgan fingerprint density at radius 2 is 2.30 bits per heavy atom. The molecule has 58 valence electrons. The molecule has 10 heavy (non-hydrogen) atoms. The zero-order chi connectivity index (χ0) is 7.98. The summed E-state index contributed by atoms with van der Waals surface area (Å²) in [5, 5.41) is 2.46. The lowest BCUT2D eigenvalue weighted by molar-refractivity contribution is -0.121. The summed E-state index contributed by atoms with van der Waals surface area (Å²) in [5.41, 5.74) is 0. The fraction of sp³-hybridized carbons (Fsp3) is 0.667. The second-order valence-corrected chi connectivity index (χ2v) is 2.04. The summed E-state index contributed by atoms with van der Waals surface area (Å²) in [6.07, 6.45) is 0.767. The summed E-state index contributed by atoms with van der Waals surface area (Å²) in [4.78, 5) is 22.2. The molecule has 0 radical (unpaired) electrons. The molecular weight excluding hydrogens is 132 g/mol. The van der Waals surface area contributed by atoms with Crippen LogP contribution in [0.25, 0.3) is 0 Å². The Morgan fingerprint density at radius 1 is 1.70 bits per heavy atom. The van der Waals surface area contributed by atoms with Crippen molar-refractivity contribution in [2.24, 2.45) is 0 Å². The van der Waals surface area contributed by atoms with Gasteiger partial charge in [0.25, 0.3) is 0 Å². The van der Waals surface area contributed by atoms with Crippen LogP contribution in [0.2, 0.25) is 0 Å². The smallest absolute Gasteiger partial charge is 0.233 e. The number of hydrogen-bond acceptors (Lipinski definition) is 3. The van der Waals surface area contributed by atoms with E-state index in [0.717, 1.165) is 6.29 Å². The molecule has 0 aromatic rings. The zero-order valence-electron chi connectivity index (χ0n) is 6.26. The standard InChI is InChI=1S/C6H12N2O2/c1-7-6(10)5-8(2)3-4-9/h4H,3,5H2,1-2H3,(H,7,10).